The van der Waals surface area contributed by atoms with Gasteiger partial charge < -0.3 is 11.5 Å². The van der Waals surface area contributed by atoms with Crippen molar-refractivity contribution in [2.45, 2.75) is 13.3 Å². The molecule has 0 amide bonds. The average molecular weight is 319 g/mol. The molecule has 21 heavy (non-hydrogen) atoms. The highest BCUT2D eigenvalue weighted by atomic mass is 32.2. The molecule has 0 atom stereocenters. The van der Waals surface area contributed by atoms with Crippen LogP contribution in [0.2, 0.25) is 0 Å². The fourth-order valence-electron chi connectivity index (χ4n) is 1.41. The van der Waals surface area contributed by atoms with Crippen LogP contribution in [0.1, 0.15) is 18.9 Å². The van der Waals surface area contributed by atoms with Gasteiger partial charge in [0.2, 0.25) is 16.0 Å². The molecule has 1 aromatic rings. The van der Waals surface area contributed by atoms with Crippen LogP contribution in [-0.2, 0) is 10.0 Å². The first-order chi connectivity index (χ1) is 9.76. The number of hydrogen-bond acceptors (Lipinski definition) is 4. The van der Waals surface area contributed by atoms with Gasteiger partial charge in [0.15, 0.2) is 5.82 Å². The van der Waals surface area contributed by atoms with E-state index in [-0.39, 0.29) is 17.4 Å². The van der Waals surface area contributed by atoms with Gasteiger partial charge >= 0.3 is 0 Å². The summed E-state index contributed by atoms with van der Waals surface area (Å²) in [5, 5.41) is 6.50. The fraction of sp³-hybridized carbons (Fsp3) is 0.273. The predicted molar refractivity (Wildman–Crippen MR) is 77.5 cm³/mol. The van der Waals surface area contributed by atoms with Crippen LogP contribution in [0.4, 0.5) is 14.5 Å². The monoisotopic (exact) mass is 319 g/mol. The maximum atomic E-state index is 14.1. The molecule has 1 aromatic carbocycles. The lowest BCUT2D eigenvalue weighted by atomic mass is 10.2. The number of benzene rings is 1. The number of anilines is 1. The largest absolute Gasteiger partial charge is 0.369 e. The summed E-state index contributed by atoms with van der Waals surface area (Å²) >= 11 is 0. The lowest BCUT2D eigenvalue weighted by molar-refractivity contribution is 0.580. The summed E-state index contributed by atoms with van der Waals surface area (Å²) in [6.45, 7) is 1.66. The number of nitrogens with zero attached hydrogens (tertiary/aromatic N) is 2. The molecule has 0 heterocycles. The van der Waals surface area contributed by atoms with Crippen molar-refractivity contribution in [3.8, 4) is 0 Å². The highest BCUT2D eigenvalue weighted by Gasteiger charge is 2.16. The maximum absolute atomic E-state index is 14.1. The molecular formula is C11H15F2N5O2S. The van der Waals surface area contributed by atoms with Crippen LogP contribution in [0.25, 0.3) is 0 Å². The molecule has 1 rings (SSSR count). The topological polar surface area (TPSA) is 123 Å². The molecule has 10 heteroatoms. The first-order valence-electron chi connectivity index (χ1n) is 5.87. The Bertz CT molecular complexity index is 669. The van der Waals surface area contributed by atoms with Gasteiger partial charge in [-0.05, 0) is 18.6 Å². The summed E-state index contributed by atoms with van der Waals surface area (Å²) < 4.78 is 52.8. The Balaban J connectivity index is 3.16. The number of guanidine groups is 1. The van der Waals surface area contributed by atoms with Gasteiger partial charge in [-0.25, -0.2) is 17.2 Å². The smallest absolute Gasteiger partial charge is 0.232 e. The molecule has 0 spiro atoms. The van der Waals surface area contributed by atoms with Gasteiger partial charge in [-0.3, -0.25) is 4.72 Å². The molecule has 0 unspecified atom stereocenters. The van der Waals surface area contributed by atoms with Crippen molar-refractivity contribution in [1.82, 2.24) is 0 Å². The Morgan fingerprint density at radius 1 is 1.38 bits per heavy atom. The molecule has 0 saturated heterocycles. The summed E-state index contributed by atoms with van der Waals surface area (Å²) in [5.41, 5.74) is 9.09. The lowest BCUT2D eigenvalue weighted by Crippen LogP contribution is -2.21. The second-order valence-corrected chi connectivity index (χ2v) is 5.85. The highest BCUT2D eigenvalue weighted by molar-refractivity contribution is 7.92. The van der Waals surface area contributed by atoms with Crippen LogP contribution in [0.15, 0.2) is 22.3 Å². The van der Waals surface area contributed by atoms with Gasteiger partial charge in [-0.1, -0.05) is 6.92 Å². The van der Waals surface area contributed by atoms with Crippen molar-refractivity contribution in [3.05, 3.63) is 29.3 Å². The Hall–Kier alpha value is -2.23. The molecule has 0 aliphatic heterocycles. The van der Waals surface area contributed by atoms with Crippen LogP contribution in [0.5, 0.6) is 0 Å². The summed E-state index contributed by atoms with van der Waals surface area (Å²) in [6, 6.07) is 1.89. The summed E-state index contributed by atoms with van der Waals surface area (Å²) in [7, 11) is -3.70. The molecule has 7 nitrogen and oxygen atoms in total. The lowest BCUT2D eigenvalue weighted by Gasteiger charge is -2.09. The normalized spacial score (nSPS) is 11.6. The van der Waals surface area contributed by atoms with Crippen molar-refractivity contribution in [3.63, 3.8) is 0 Å². The SMILES string of the molecule is CCCS(=O)(=O)Nc1ccc(F)c(C=NN=C(N)N)c1F. The second kappa shape index (κ2) is 6.97. The zero-order chi connectivity index (χ0) is 16.0. The summed E-state index contributed by atoms with van der Waals surface area (Å²) in [6.07, 6.45) is 1.11. The molecule has 116 valence electrons. The average Bonchev–Trinajstić information content (AvgIpc) is 2.36. The third-order valence-electron chi connectivity index (χ3n) is 2.22. The summed E-state index contributed by atoms with van der Waals surface area (Å²) in [4.78, 5) is 0. The zero-order valence-electron chi connectivity index (χ0n) is 11.2. The minimum Gasteiger partial charge on any atom is -0.369 e. The van der Waals surface area contributed by atoms with Crippen LogP contribution >= 0.6 is 0 Å². The van der Waals surface area contributed by atoms with Crippen molar-refractivity contribution in [1.29, 1.82) is 0 Å². The number of rotatable bonds is 6. The molecule has 0 bridgehead atoms. The highest BCUT2D eigenvalue weighted by Crippen LogP contribution is 2.21. The van der Waals surface area contributed by atoms with Crippen LogP contribution < -0.4 is 16.2 Å². The third-order valence-corrected chi connectivity index (χ3v) is 3.70. The fourth-order valence-corrected chi connectivity index (χ4v) is 2.54. The van der Waals surface area contributed by atoms with E-state index < -0.39 is 27.2 Å². The quantitative estimate of drug-likeness (QED) is 0.406. The van der Waals surface area contributed by atoms with Crippen molar-refractivity contribution in [2.75, 3.05) is 10.5 Å². The van der Waals surface area contributed by atoms with Gasteiger partial charge in [0, 0.05) is 0 Å². The standard InChI is InChI=1S/C11H15F2N5O2S/c1-2-5-21(19,20)18-9-4-3-8(12)7(10(9)13)6-16-17-11(14)15/h3-4,6,18H,2,5H2,1H3,(H4,14,15,17). The maximum Gasteiger partial charge on any atom is 0.232 e. The molecule has 0 aromatic heterocycles. The number of halogens is 2. The first-order valence-corrected chi connectivity index (χ1v) is 7.52. The molecule has 0 saturated carbocycles. The number of hydrogen-bond donors (Lipinski definition) is 3. The van der Waals surface area contributed by atoms with E-state index in [1.807, 2.05) is 4.72 Å². The molecule has 0 fully saturated rings. The third kappa shape index (κ3) is 4.99. The van der Waals surface area contributed by atoms with Gasteiger partial charge in [0.25, 0.3) is 0 Å². The molecule has 5 N–H and O–H groups in total. The van der Waals surface area contributed by atoms with Gasteiger partial charge in [-0.2, -0.15) is 5.10 Å². The van der Waals surface area contributed by atoms with Gasteiger partial charge in [0.1, 0.15) is 5.82 Å². The number of nitrogens with one attached hydrogen (secondary N) is 1. The van der Waals surface area contributed by atoms with Gasteiger partial charge in [-0.15, -0.1) is 5.10 Å². The Morgan fingerprint density at radius 2 is 2.05 bits per heavy atom. The zero-order valence-corrected chi connectivity index (χ0v) is 12.0. The number of sulfonamides is 1. The van der Waals surface area contributed by atoms with E-state index in [2.05, 4.69) is 10.2 Å². The Morgan fingerprint density at radius 3 is 2.62 bits per heavy atom. The Kier molecular flexibility index (Phi) is 5.59. The van der Waals surface area contributed by atoms with Crippen LogP contribution in [0.3, 0.4) is 0 Å². The first kappa shape index (κ1) is 16.8. The van der Waals surface area contributed by atoms with E-state index in [1.54, 1.807) is 6.92 Å². The minimum absolute atomic E-state index is 0.179. The molecular weight excluding hydrogens is 304 g/mol. The van der Waals surface area contributed by atoms with Crippen molar-refractivity contribution < 1.29 is 17.2 Å². The van der Waals surface area contributed by atoms with E-state index in [4.69, 9.17) is 11.5 Å². The van der Waals surface area contributed by atoms with Crippen molar-refractivity contribution >= 4 is 27.9 Å². The van der Waals surface area contributed by atoms with Crippen molar-refractivity contribution in [2.24, 2.45) is 21.7 Å². The van der Waals surface area contributed by atoms with Crippen LogP contribution in [-0.4, -0.2) is 26.3 Å². The number of nitrogens with two attached hydrogens (primary N) is 2. The predicted octanol–water partition coefficient (Wildman–Crippen LogP) is 0.724. The minimum atomic E-state index is -3.70. The summed E-state index contributed by atoms with van der Waals surface area (Å²) in [5.74, 6) is -2.60. The molecule has 0 aliphatic carbocycles. The van der Waals surface area contributed by atoms with E-state index in [0.717, 1.165) is 18.3 Å². The van der Waals surface area contributed by atoms with E-state index >= 15 is 0 Å². The van der Waals surface area contributed by atoms with E-state index in [1.165, 1.54) is 0 Å². The van der Waals surface area contributed by atoms with Crippen LogP contribution in [0, 0.1) is 11.6 Å². The molecule has 0 aliphatic rings. The van der Waals surface area contributed by atoms with E-state index in [0.29, 0.717) is 6.42 Å². The molecule has 0 radical (unpaired) electrons. The second-order valence-electron chi connectivity index (χ2n) is 4.01. The van der Waals surface area contributed by atoms with E-state index in [9.17, 15) is 17.2 Å². The van der Waals surface area contributed by atoms with Gasteiger partial charge in [0.05, 0.1) is 23.2 Å². The Labute approximate surface area is 120 Å².